The van der Waals surface area contributed by atoms with Crippen LogP contribution in [-0.2, 0) is 6.61 Å². The first-order valence-electron chi connectivity index (χ1n) is 6.38. The number of nitrogens with zero attached hydrogens (tertiary/aromatic N) is 1. The van der Waals surface area contributed by atoms with E-state index in [0.717, 1.165) is 22.8 Å². The molecule has 2 rings (SSSR count). The normalized spacial score (nSPS) is 21.4. The summed E-state index contributed by atoms with van der Waals surface area (Å²) in [6.07, 6.45) is 5.09. The van der Waals surface area contributed by atoms with Crippen LogP contribution in [0.3, 0.4) is 0 Å². The summed E-state index contributed by atoms with van der Waals surface area (Å²) in [5.74, 6) is 0. The first-order valence-corrected chi connectivity index (χ1v) is 6.76. The van der Waals surface area contributed by atoms with E-state index in [0.29, 0.717) is 6.04 Å². The molecule has 1 aromatic rings. The van der Waals surface area contributed by atoms with Crippen molar-refractivity contribution < 1.29 is 5.11 Å². The largest absolute Gasteiger partial charge is 0.392 e. The van der Waals surface area contributed by atoms with Gasteiger partial charge in [-0.25, -0.2) is 0 Å². The summed E-state index contributed by atoms with van der Waals surface area (Å²) in [5, 5.41) is 9.84. The number of anilines is 1. The lowest BCUT2D eigenvalue weighted by molar-refractivity contribution is 0.282. The Bertz CT molecular complexity index is 380. The van der Waals surface area contributed by atoms with Crippen molar-refractivity contribution in [2.45, 2.75) is 45.3 Å². The summed E-state index contributed by atoms with van der Waals surface area (Å²) in [5.41, 5.74) is 1.99. The summed E-state index contributed by atoms with van der Waals surface area (Å²) in [7, 11) is 0. The lowest BCUT2D eigenvalue weighted by Gasteiger charge is -2.30. The van der Waals surface area contributed by atoms with Crippen LogP contribution in [0.1, 0.15) is 38.2 Å². The van der Waals surface area contributed by atoms with Gasteiger partial charge in [0.1, 0.15) is 0 Å². The van der Waals surface area contributed by atoms with Gasteiger partial charge in [-0.05, 0) is 37.5 Å². The molecular weight excluding hydrogens is 234 g/mol. The first kappa shape index (κ1) is 12.7. The molecule has 1 heterocycles. The molecule has 1 fully saturated rings. The second-order valence-electron chi connectivity index (χ2n) is 4.84. The molecule has 1 aromatic carbocycles. The summed E-state index contributed by atoms with van der Waals surface area (Å²) >= 11 is 6.31. The third-order valence-corrected chi connectivity index (χ3v) is 3.86. The van der Waals surface area contributed by atoms with E-state index in [9.17, 15) is 0 Å². The van der Waals surface area contributed by atoms with Gasteiger partial charge in [0.05, 0.1) is 17.3 Å². The van der Waals surface area contributed by atoms with Crippen molar-refractivity contribution in [1.82, 2.24) is 0 Å². The molecule has 0 saturated carbocycles. The van der Waals surface area contributed by atoms with Crippen LogP contribution in [-0.4, -0.2) is 17.7 Å². The number of rotatable bonds is 2. The molecule has 0 bridgehead atoms. The third-order valence-electron chi connectivity index (χ3n) is 3.56. The molecule has 1 N–H and O–H groups in total. The average Bonchev–Trinajstić information content (AvgIpc) is 2.54. The standard InChI is InChI=1S/C14H20ClNO/c1-11-5-3-2-4-8-16(11)14-7-6-12(10-17)9-13(14)15/h6-7,9,11,17H,2-5,8,10H2,1H3. The predicted octanol–water partition coefficient (Wildman–Crippen LogP) is 3.60. The van der Waals surface area contributed by atoms with Crippen molar-refractivity contribution in [2.24, 2.45) is 0 Å². The summed E-state index contributed by atoms with van der Waals surface area (Å²) in [6, 6.07) is 6.42. The Morgan fingerprint density at radius 3 is 2.88 bits per heavy atom. The second kappa shape index (κ2) is 5.74. The maximum absolute atomic E-state index is 9.09. The molecule has 0 amide bonds. The molecule has 2 nitrogen and oxygen atoms in total. The Kier molecular flexibility index (Phi) is 4.30. The van der Waals surface area contributed by atoms with Crippen LogP contribution < -0.4 is 4.90 Å². The lowest BCUT2D eigenvalue weighted by atomic mass is 10.1. The molecule has 1 unspecified atom stereocenters. The second-order valence-corrected chi connectivity index (χ2v) is 5.24. The maximum atomic E-state index is 9.09. The van der Waals surface area contributed by atoms with Crippen LogP contribution in [0, 0.1) is 0 Å². The third kappa shape index (κ3) is 2.93. The van der Waals surface area contributed by atoms with E-state index >= 15 is 0 Å². The van der Waals surface area contributed by atoms with E-state index in [2.05, 4.69) is 11.8 Å². The summed E-state index contributed by atoms with van der Waals surface area (Å²) in [6.45, 7) is 3.40. The molecule has 17 heavy (non-hydrogen) atoms. The zero-order valence-corrected chi connectivity index (χ0v) is 11.1. The van der Waals surface area contributed by atoms with E-state index in [-0.39, 0.29) is 6.61 Å². The molecule has 0 spiro atoms. The molecule has 3 heteroatoms. The van der Waals surface area contributed by atoms with Crippen molar-refractivity contribution in [3.63, 3.8) is 0 Å². The fraction of sp³-hybridized carbons (Fsp3) is 0.571. The minimum atomic E-state index is 0.0511. The number of aliphatic hydroxyl groups is 1. The van der Waals surface area contributed by atoms with Crippen LogP contribution in [0.4, 0.5) is 5.69 Å². The molecule has 0 radical (unpaired) electrons. The number of aliphatic hydroxyl groups excluding tert-OH is 1. The zero-order chi connectivity index (χ0) is 12.3. The Morgan fingerprint density at radius 1 is 1.35 bits per heavy atom. The topological polar surface area (TPSA) is 23.5 Å². The van der Waals surface area contributed by atoms with Gasteiger partial charge in [-0.15, -0.1) is 0 Å². The monoisotopic (exact) mass is 253 g/mol. The van der Waals surface area contributed by atoms with Gasteiger partial charge in [0.25, 0.3) is 0 Å². The van der Waals surface area contributed by atoms with Crippen LogP contribution in [0.5, 0.6) is 0 Å². The quantitative estimate of drug-likeness (QED) is 0.871. The molecule has 0 aliphatic carbocycles. The van der Waals surface area contributed by atoms with Gasteiger partial charge in [-0.1, -0.05) is 30.5 Å². The minimum absolute atomic E-state index is 0.0511. The SMILES string of the molecule is CC1CCCCCN1c1ccc(CO)cc1Cl. The van der Waals surface area contributed by atoms with Crippen LogP contribution in [0.25, 0.3) is 0 Å². The number of halogens is 1. The Hall–Kier alpha value is -0.730. The predicted molar refractivity (Wildman–Crippen MR) is 72.7 cm³/mol. The fourth-order valence-electron chi connectivity index (χ4n) is 2.51. The Morgan fingerprint density at radius 2 is 2.18 bits per heavy atom. The van der Waals surface area contributed by atoms with Gasteiger partial charge in [0.2, 0.25) is 0 Å². The number of hydrogen-bond donors (Lipinski definition) is 1. The maximum Gasteiger partial charge on any atom is 0.0682 e. The van der Waals surface area contributed by atoms with Gasteiger partial charge < -0.3 is 10.0 Å². The number of hydrogen-bond acceptors (Lipinski definition) is 2. The van der Waals surface area contributed by atoms with E-state index in [1.807, 2.05) is 18.2 Å². The van der Waals surface area contributed by atoms with Gasteiger partial charge in [0, 0.05) is 12.6 Å². The average molecular weight is 254 g/mol. The van der Waals surface area contributed by atoms with E-state index in [1.165, 1.54) is 25.7 Å². The highest BCUT2D eigenvalue weighted by Crippen LogP contribution is 2.31. The summed E-state index contributed by atoms with van der Waals surface area (Å²) in [4.78, 5) is 2.40. The van der Waals surface area contributed by atoms with E-state index in [1.54, 1.807) is 0 Å². The van der Waals surface area contributed by atoms with Gasteiger partial charge in [0.15, 0.2) is 0 Å². The smallest absolute Gasteiger partial charge is 0.0682 e. The highest BCUT2D eigenvalue weighted by atomic mass is 35.5. The highest BCUT2D eigenvalue weighted by Gasteiger charge is 2.19. The Labute approximate surface area is 108 Å². The molecule has 1 aliphatic rings. The first-order chi connectivity index (χ1) is 8.22. The summed E-state index contributed by atoms with van der Waals surface area (Å²) < 4.78 is 0. The lowest BCUT2D eigenvalue weighted by Crippen LogP contribution is -2.32. The van der Waals surface area contributed by atoms with Crippen LogP contribution in [0.15, 0.2) is 18.2 Å². The van der Waals surface area contributed by atoms with E-state index in [4.69, 9.17) is 16.7 Å². The van der Waals surface area contributed by atoms with Crippen LogP contribution >= 0.6 is 11.6 Å². The Balaban J connectivity index is 2.25. The molecule has 1 saturated heterocycles. The van der Waals surface area contributed by atoms with Gasteiger partial charge in [-0.2, -0.15) is 0 Å². The highest BCUT2D eigenvalue weighted by molar-refractivity contribution is 6.33. The molecular formula is C14H20ClNO. The van der Waals surface area contributed by atoms with Crippen molar-refractivity contribution >= 4 is 17.3 Å². The van der Waals surface area contributed by atoms with Gasteiger partial charge >= 0.3 is 0 Å². The molecule has 1 aliphatic heterocycles. The van der Waals surface area contributed by atoms with Crippen molar-refractivity contribution in [2.75, 3.05) is 11.4 Å². The van der Waals surface area contributed by atoms with Crippen molar-refractivity contribution in [1.29, 1.82) is 0 Å². The van der Waals surface area contributed by atoms with Gasteiger partial charge in [-0.3, -0.25) is 0 Å². The van der Waals surface area contributed by atoms with Crippen molar-refractivity contribution in [3.05, 3.63) is 28.8 Å². The molecule has 1 atom stereocenters. The zero-order valence-electron chi connectivity index (χ0n) is 10.3. The minimum Gasteiger partial charge on any atom is -0.392 e. The van der Waals surface area contributed by atoms with Crippen molar-refractivity contribution in [3.8, 4) is 0 Å². The fourth-order valence-corrected chi connectivity index (χ4v) is 2.83. The molecule has 94 valence electrons. The van der Waals surface area contributed by atoms with Crippen LogP contribution in [0.2, 0.25) is 5.02 Å². The number of benzene rings is 1. The van der Waals surface area contributed by atoms with E-state index < -0.39 is 0 Å². The molecule has 0 aromatic heterocycles.